The molecule has 23 heavy (non-hydrogen) atoms. The summed E-state index contributed by atoms with van der Waals surface area (Å²) in [7, 11) is -3.28. The maximum absolute atomic E-state index is 11.4. The summed E-state index contributed by atoms with van der Waals surface area (Å²) in [4.78, 5) is 10.5. The number of nitrogens with zero attached hydrogens (tertiary/aromatic N) is 3. The van der Waals surface area contributed by atoms with E-state index in [4.69, 9.17) is 4.74 Å². The topological polar surface area (TPSA) is 84.2 Å². The number of hydrogen-bond donors (Lipinski definition) is 1. The van der Waals surface area contributed by atoms with Crippen molar-refractivity contribution in [2.45, 2.75) is 10.6 Å². The Balaban J connectivity index is 1.49. The maximum atomic E-state index is 11.4. The van der Waals surface area contributed by atoms with Crippen molar-refractivity contribution in [3.8, 4) is 0 Å². The lowest BCUT2D eigenvalue weighted by Gasteiger charge is -2.12. The Morgan fingerprint density at radius 3 is 2.43 bits per heavy atom. The van der Waals surface area contributed by atoms with Crippen LogP contribution in [0.4, 0.5) is 11.6 Å². The summed E-state index contributed by atoms with van der Waals surface area (Å²) in [6.07, 6.45) is 3.72. The van der Waals surface area contributed by atoms with Crippen molar-refractivity contribution in [1.29, 1.82) is 0 Å². The zero-order valence-corrected chi connectivity index (χ0v) is 13.4. The number of benzene rings is 1. The molecule has 2 fully saturated rings. The largest absolute Gasteiger partial charge is 0.353 e. The molecule has 1 aromatic heterocycles. The van der Waals surface area contributed by atoms with Crippen LogP contribution in [0.5, 0.6) is 0 Å². The Kier molecular flexibility index (Phi) is 3.15. The van der Waals surface area contributed by atoms with Crippen LogP contribution < -0.4 is 5.32 Å². The highest BCUT2D eigenvalue weighted by Crippen LogP contribution is 2.47. The van der Waals surface area contributed by atoms with Crippen molar-refractivity contribution in [3.63, 3.8) is 0 Å². The summed E-state index contributed by atoms with van der Waals surface area (Å²) in [5.74, 6) is 0.355. The molecule has 120 valence electrons. The lowest BCUT2D eigenvalue weighted by atomic mass is 10.1. The van der Waals surface area contributed by atoms with Crippen LogP contribution >= 0.6 is 0 Å². The van der Waals surface area contributed by atoms with Gasteiger partial charge in [-0.25, -0.2) is 18.4 Å². The van der Waals surface area contributed by atoms with Gasteiger partial charge in [0.2, 0.25) is 5.95 Å². The predicted molar refractivity (Wildman–Crippen MR) is 84.1 cm³/mol. The second-order valence-electron chi connectivity index (χ2n) is 5.77. The van der Waals surface area contributed by atoms with Crippen LogP contribution in [0, 0.1) is 0 Å². The average molecular weight is 332 g/mol. The highest BCUT2D eigenvalue weighted by Gasteiger charge is 2.58. The first kappa shape index (κ1) is 14.6. The molecule has 2 aliphatic rings. The number of morpholine rings is 1. The lowest BCUT2D eigenvalue weighted by molar-refractivity contribution is 0.0589. The van der Waals surface area contributed by atoms with Crippen molar-refractivity contribution in [2.75, 3.05) is 31.3 Å². The standard InChI is InChI=1S/C15H16N4O3S/c1-23(20,21)13-8-16-14(17-9-13)18-12-4-2-11(3-5-12)15-10-19(15)6-7-22-15/h2-5,8-9H,6-7,10H2,1H3,(H,16,17,18). The molecule has 0 aliphatic carbocycles. The van der Waals surface area contributed by atoms with E-state index in [2.05, 4.69) is 20.2 Å². The van der Waals surface area contributed by atoms with E-state index in [1.54, 1.807) is 0 Å². The van der Waals surface area contributed by atoms with Crippen LogP contribution in [-0.2, 0) is 20.3 Å². The van der Waals surface area contributed by atoms with Gasteiger partial charge in [0.15, 0.2) is 15.6 Å². The fraction of sp³-hybridized carbons (Fsp3) is 0.333. The first-order chi connectivity index (χ1) is 11.0. The smallest absolute Gasteiger partial charge is 0.227 e. The normalized spacial score (nSPS) is 25.9. The van der Waals surface area contributed by atoms with E-state index in [0.717, 1.165) is 37.2 Å². The summed E-state index contributed by atoms with van der Waals surface area (Å²) in [5, 5.41) is 3.06. The van der Waals surface area contributed by atoms with Gasteiger partial charge < -0.3 is 10.1 Å². The Morgan fingerprint density at radius 2 is 1.91 bits per heavy atom. The molecule has 2 aliphatic heterocycles. The van der Waals surface area contributed by atoms with E-state index in [-0.39, 0.29) is 10.6 Å². The molecule has 2 saturated heterocycles. The minimum atomic E-state index is -3.28. The van der Waals surface area contributed by atoms with Gasteiger partial charge in [-0.2, -0.15) is 0 Å². The molecule has 3 heterocycles. The lowest BCUT2D eigenvalue weighted by Crippen LogP contribution is -2.12. The minimum Gasteiger partial charge on any atom is -0.353 e. The van der Waals surface area contributed by atoms with Crippen LogP contribution in [0.15, 0.2) is 41.6 Å². The van der Waals surface area contributed by atoms with Crippen molar-refractivity contribution in [1.82, 2.24) is 14.9 Å². The molecule has 2 unspecified atom stereocenters. The first-order valence-electron chi connectivity index (χ1n) is 7.26. The molecule has 8 heteroatoms. The van der Waals surface area contributed by atoms with E-state index >= 15 is 0 Å². The summed E-state index contributed by atoms with van der Waals surface area (Å²) in [5.41, 5.74) is 1.78. The number of fused-ring (bicyclic) bond motifs is 1. The van der Waals surface area contributed by atoms with Crippen LogP contribution in [-0.4, -0.2) is 49.2 Å². The number of anilines is 2. The van der Waals surface area contributed by atoms with E-state index in [9.17, 15) is 8.42 Å². The molecule has 0 radical (unpaired) electrons. The zero-order chi connectivity index (χ0) is 16.1. The van der Waals surface area contributed by atoms with Crippen LogP contribution in [0.2, 0.25) is 0 Å². The highest BCUT2D eigenvalue weighted by atomic mass is 32.2. The number of hydrogen-bond acceptors (Lipinski definition) is 7. The van der Waals surface area contributed by atoms with Gasteiger partial charge in [-0.15, -0.1) is 0 Å². The van der Waals surface area contributed by atoms with Gasteiger partial charge in [-0.3, -0.25) is 4.90 Å². The van der Waals surface area contributed by atoms with Gasteiger partial charge in [0.25, 0.3) is 0 Å². The molecule has 1 aromatic carbocycles. The fourth-order valence-electron chi connectivity index (χ4n) is 2.82. The Morgan fingerprint density at radius 1 is 1.22 bits per heavy atom. The summed E-state index contributed by atoms with van der Waals surface area (Å²) < 4.78 is 28.6. The Hall–Kier alpha value is -2.03. The Bertz CT molecular complexity index is 836. The van der Waals surface area contributed by atoms with Crippen LogP contribution in [0.3, 0.4) is 0 Å². The Labute approximate surface area is 134 Å². The van der Waals surface area contributed by atoms with Gasteiger partial charge in [0, 0.05) is 30.6 Å². The summed E-state index contributed by atoms with van der Waals surface area (Å²) in [6, 6.07) is 7.93. The molecule has 2 atom stereocenters. The summed E-state index contributed by atoms with van der Waals surface area (Å²) >= 11 is 0. The van der Waals surface area contributed by atoms with E-state index in [1.807, 2.05) is 24.3 Å². The third kappa shape index (κ3) is 2.58. The van der Waals surface area contributed by atoms with Crippen LogP contribution in [0.25, 0.3) is 0 Å². The van der Waals surface area contributed by atoms with E-state index in [0.29, 0.717) is 5.95 Å². The van der Waals surface area contributed by atoms with Gasteiger partial charge in [-0.05, 0) is 12.1 Å². The molecule has 1 N–H and O–H groups in total. The quantitative estimate of drug-likeness (QED) is 0.840. The first-order valence-corrected chi connectivity index (χ1v) is 9.15. The molecule has 4 rings (SSSR count). The second-order valence-corrected chi connectivity index (χ2v) is 7.79. The molecule has 2 aromatic rings. The van der Waals surface area contributed by atoms with Crippen molar-refractivity contribution >= 4 is 21.5 Å². The van der Waals surface area contributed by atoms with Gasteiger partial charge in [0.05, 0.1) is 19.0 Å². The van der Waals surface area contributed by atoms with Gasteiger partial charge in [-0.1, -0.05) is 12.1 Å². The third-order valence-corrected chi connectivity index (χ3v) is 5.23. The van der Waals surface area contributed by atoms with Crippen LogP contribution in [0.1, 0.15) is 5.56 Å². The number of nitrogens with one attached hydrogen (secondary N) is 1. The monoisotopic (exact) mass is 332 g/mol. The molecular formula is C15H16N4O3S. The SMILES string of the molecule is CS(=O)(=O)c1cnc(Nc2ccc(C34CN3CCO4)cc2)nc1. The summed E-state index contributed by atoms with van der Waals surface area (Å²) in [6.45, 7) is 2.72. The number of sulfone groups is 1. The fourth-order valence-corrected chi connectivity index (χ4v) is 3.31. The molecule has 0 spiro atoms. The zero-order valence-electron chi connectivity index (χ0n) is 12.6. The van der Waals surface area contributed by atoms with Crippen molar-refractivity contribution in [2.24, 2.45) is 0 Å². The maximum Gasteiger partial charge on any atom is 0.227 e. The van der Waals surface area contributed by atoms with Gasteiger partial charge >= 0.3 is 0 Å². The average Bonchev–Trinajstić information content (AvgIpc) is 3.09. The van der Waals surface area contributed by atoms with E-state index < -0.39 is 9.84 Å². The van der Waals surface area contributed by atoms with Crippen molar-refractivity contribution in [3.05, 3.63) is 42.2 Å². The number of rotatable bonds is 4. The van der Waals surface area contributed by atoms with E-state index in [1.165, 1.54) is 12.4 Å². The predicted octanol–water partition coefficient (Wildman–Crippen LogP) is 1.12. The molecular weight excluding hydrogens is 316 g/mol. The molecule has 0 saturated carbocycles. The number of aromatic nitrogens is 2. The third-order valence-electron chi connectivity index (χ3n) is 4.16. The number of ether oxygens (including phenoxy) is 1. The highest BCUT2D eigenvalue weighted by molar-refractivity contribution is 7.90. The molecule has 0 amide bonds. The van der Waals surface area contributed by atoms with Crippen molar-refractivity contribution < 1.29 is 13.2 Å². The minimum absolute atomic E-state index is 0.102. The van der Waals surface area contributed by atoms with Gasteiger partial charge in [0.1, 0.15) is 4.90 Å². The second kappa shape index (κ2) is 4.98. The molecule has 7 nitrogen and oxygen atoms in total. The molecule has 0 bridgehead atoms.